The summed E-state index contributed by atoms with van der Waals surface area (Å²) in [5.74, 6) is -0.176. The van der Waals surface area contributed by atoms with Gasteiger partial charge in [0.15, 0.2) is 0 Å². The lowest BCUT2D eigenvalue weighted by Gasteiger charge is -2.32. The summed E-state index contributed by atoms with van der Waals surface area (Å²) in [6, 6.07) is 6.51. The molecule has 0 spiro atoms. The molecule has 2 heterocycles. The maximum Gasteiger partial charge on any atom is 0.137 e. The topological polar surface area (TPSA) is 15.3 Å². The van der Waals surface area contributed by atoms with Gasteiger partial charge in [-0.25, -0.2) is 4.39 Å². The first-order valence-corrected chi connectivity index (χ1v) is 7.95. The fraction of sp³-hybridized carbons (Fsp3) is 0.600. The van der Waals surface area contributed by atoms with Gasteiger partial charge in [0.05, 0.1) is 4.47 Å². The van der Waals surface area contributed by atoms with Crippen molar-refractivity contribution in [1.29, 1.82) is 0 Å². The van der Waals surface area contributed by atoms with Crippen LogP contribution in [0, 0.1) is 5.82 Å². The Bertz CT molecular complexity index is 452. The molecule has 19 heavy (non-hydrogen) atoms. The molecule has 2 atom stereocenters. The fourth-order valence-electron chi connectivity index (χ4n) is 3.41. The number of fused-ring (bicyclic) bond motifs is 1. The molecule has 4 heteroatoms. The molecule has 3 rings (SSSR count). The van der Waals surface area contributed by atoms with Gasteiger partial charge in [-0.15, -0.1) is 0 Å². The predicted octanol–water partition coefficient (Wildman–Crippen LogP) is 3.30. The van der Waals surface area contributed by atoms with Crippen LogP contribution in [0.2, 0.25) is 0 Å². The van der Waals surface area contributed by atoms with Crippen molar-refractivity contribution in [2.75, 3.05) is 13.1 Å². The molecule has 104 valence electrons. The average Bonchev–Trinajstić information content (AvgIpc) is 2.84. The van der Waals surface area contributed by atoms with E-state index in [0.717, 1.165) is 12.1 Å². The van der Waals surface area contributed by atoms with E-state index in [1.165, 1.54) is 44.8 Å². The van der Waals surface area contributed by atoms with E-state index < -0.39 is 0 Å². The molecule has 1 aromatic carbocycles. The molecule has 2 saturated heterocycles. The molecule has 2 unspecified atom stereocenters. The van der Waals surface area contributed by atoms with Crippen LogP contribution in [0.5, 0.6) is 0 Å². The maximum absolute atomic E-state index is 13.5. The van der Waals surface area contributed by atoms with Crippen LogP contribution in [0.25, 0.3) is 0 Å². The molecular formula is C15H20BrFN2. The van der Waals surface area contributed by atoms with Gasteiger partial charge in [-0.3, -0.25) is 4.90 Å². The van der Waals surface area contributed by atoms with Gasteiger partial charge in [0.1, 0.15) is 5.82 Å². The van der Waals surface area contributed by atoms with Gasteiger partial charge >= 0.3 is 0 Å². The van der Waals surface area contributed by atoms with E-state index in [1.54, 1.807) is 6.07 Å². The minimum atomic E-state index is -0.176. The SMILES string of the molecule is Fc1cccc(CNC2CCN3CCCCC23)c1Br. The van der Waals surface area contributed by atoms with Crippen LogP contribution < -0.4 is 5.32 Å². The first-order valence-electron chi connectivity index (χ1n) is 7.16. The standard InChI is InChI=1S/C15H20BrFN2/c16-15-11(4-3-5-12(15)17)10-18-13-7-9-19-8-2-1-6-14(13)19/h3-5,13-14,18H,1-2,6-10H2. The minimum Gasteiger partial charge on any atom is -0.308 e. The summed E-state index contributed by atoms with van der Waals surface area (Å²) < 4.78 is 14.1. The van der Waals surface area contributed by atoms with Crippen molar-refractivity contribution in [3.8, 4) is 0 Å². The Morgan fingerprint density at radius 1 is 1.26 bits per heavy atom. The second-order valence-electron chi connectivity index (χ2n) is 5.59. The van der Waals surface area contributed by atoms with E-state index in [1.807, 2.05) is 6.07 Å². The van der Waals surface area contributed by atoms with Crippen molar-refractivity contribution in [1.82, 2.24) is 10.2 Å². The third kappa shape index (κ3) is 2.86. The zero-order valence-corrected chi connectivity index (χ0v) is 12.6. The van der Waals surface area contributed by atoms with Crippen molar-refractivity contribution in [2.24, 2.45) is 0 Å². The van der Waals surface area contributed by atoms with Gasteiger partial charge in [-0.1, -0.05) is 18.6 Å². The zero-order valence-electron chi connectivity index (χ0n) is 11.0. The van der Waals surface area contributed by atoms with Crippen molar-refractivity contribution >= 4 is 15.9 Å². The molecule has 2 fully saturated rings. The Morgan fingerprint density at radius 2 is 2.16 bits per heavy atom. The number of hydrogen-bond acceptors (Lipinski definition) is 2. The van der Waals surface area contributed by atoms with Gasteiger partial charge in [-0.05, 0) is 53.4 Å². The molecule has 0 bridgehead atoms. The molecule has 2 aliphatic rings. The van der Waals surface area contributed by atoms with Gasteiger partial charge in [0, 0.05) is 25.2 Å². The summed E-state index contributed by atoms with van der Waals surface area (Å²) in [7, 11) is 0. The summed E-state index contributed by atoms with van der Waals surface area (Å²) in [4.78, 5) is 2.61. The first-order chi connectivity index (χ1) is 9.25. The number of rotatable bonds is 3. The molecule has 0 radical (unpaired) electrons. The largest absolute Gasteiger partial charge is 0.308 e. The Balaban J connectivity index is 1.62. The van der Waals surface area contributed by atoms with Crippen LogP contribution >= 0.6 is 15.9 Å². The lowest BCUT2D eigenvalue weighted by Crippen LogP contribution is -2.44. The molecule has 1 aromatic rings. The van der Waals surface area contributed by atoms with Crippen LogP contribution in [0.4, 0.5) is 4.39 Å². The van der Waals surface area contributed by atoms with Gasteiger partial charge in [0.25, 0.3) is 0 Å². The van der Waals surface area contributed by atoms with E-state index in [-0.39, 0.29) is 5.82 Å². The van der Waals surface area contributed by atoms with Crippen LogP contribution in [0.3, 0.4) is 0 Å². The van der Waals surface area contributed by atoms with Crippen LogP contribution in [0.1, 0.15) is 31.2 Å². The number of benzene rings is 1. The van der Waals surface area contributed by atoms with Crippen LogP contribution in [0.15, 0.2) is 22.7 Å². The van der Waals surface area contributed by atoms with E-state index in [4.69, 9.17) is 0 Å². The Morgan fingerprint density at radius 3 is 3.05 bits per heavy atom. The molecule has 0 amide bonds. The van der Waals surface area contributed by atoms with Gasteiger partial charge < -0.3 is 5.32 Å². The monoisotopic (exact) mass is 326 g/mol. The predicted molar refractivity (Wildman–Crippen MR) is 78.6 cm³/mol. The summed E-state index contributed by atoms with van der Waals surface area (Å²) in [6.45, 7) is 3.21. The zero-order chi connectivity index (χ0) is 13.2. The van der Waals surface area contributed by atoms with E-state index >= 15 is 0 Å². The summed E-state index contributed by atoms with van der Waals surface area (Å²) >= 11 is 3.33. The quantitative estimate of drug-likeness (QED) is 0.916. The number of halogens is 2. The molecule has 0 saturated carbocycles. The third-order valence-electron chi connectivity index (χ3n) is 4.44. The molecular weight excluding hydrogens is 307 g/mol. The Hall–Kier alpha value is -0.450. The highest BCUT2D eigenvalue weighted by Crippen LogP contribution is 2.28. The molecule has 1 N–H and O–H groups in total. The second-order valence-corrected chi connectivity index (χ2v) is 6.38. The Kier molecular flexibility index (Phi) is 4.20. The second kappa shape index (κ2) is 5.90. The van der Waals surface area contributed by atoms with Crippen molar-refractivity contribution < 1.29 is 4.39 Å². The fourth-order valence-corrected chi connectivity index (χ4v) is 3.82. The van der Waals surface area contributed by atoms with Crippen molar-refractivity contribution in [3.63, 3.8) is 0 Å². The summed E-state index contributed by atoms with van der Waals surface area (Å²) in [5.41, 5.74) is 1.01. The molecule has 0 aliphatic carbocycles. The van der Waals surface area contributed by atoms with Crippen molar-refractivity contribution in [2.45, 2.75) is 44.3 Å². The molecule has 0 aromatic heterocycles. The lowest BCUT2D eigenvalue weighted by atomic mass is 9.99. The summed E-state index contributed by atoms with van der Waals surface area (Å²) in [5, 5.41) is 3.63. The molecule has 2 aliphatic heterocycles. The Labute approximate surface area is 122 Å². The van der Waals surface area contributed by atoms with Crippen LogP contribution in [-0.4, -0.2) is 30.1 Å². The number of nitrogens with zero attached hydrogens (tertiary/aromatic N) is 1. The highest BCUT2D eigenvalue weighted by molar-refractivity contribution is 9.10. The lowest BCUT2D eigenvalue weighted by molar-refractivity contribution is 0.180. The number of nitrogens with one attached hydrogen (secondary N) is 1. The smallest absolute Gasteiger partial charge is 0.137 e. The molecule has 2 nitrogen and oxygen atoms in total. The van der Waals surface area contributed by atoms with E-state index in [2.05, 4.69) is 26.1 Å². The van der Waals surface area contributed by atoms with Crippen molar-refractivity contribution in [3.05, 3.63) is 34.1 Å². The summed E-state index contributed by atoms with van der Waals surface area (Å²) in [6.07, 6.45) is 5.22. The van der Waals surface area contributed by atoms with Gasteiger partial charge in [-0.2, -0.15) is 0 Å². The van der Waals surface area contributed by atoms with Crippen LogP contribution in [-0.2, 0) is 6.54 Å². The highest BCUT2D eigenvalue weighted by Gasteiger charge is 2.34. The van der Waals surface area contributed by atoms with Gasteiger partial charge in [0.2, 0.25) is 0 Å². The minimum absolute atomic E-state index is 0.176. The highest BCUT2D eigenvalue weighted by atomic mass is 79.9. The third-order valence-corrected chi connectivity index (χ3v) is 5.33. The number of hydrogen-bond donors (Lipinski definition) is 1. The first kappa shape index (κ1) is 13.5. The maximum atomic E-state index is 13.5. The van der Waals surface area contributed by atoms with E-state index in [9.17, 15) is 4.39 Å². The normalized spacial score (nSPS) is 27.5. The average molecular weight is 327 g/mol. The van der Waals surface area contributed by atoms with E-state index in [0.29, 0.717) is 16.6 Å². The number of piperidine rings is 1.